The van der Waals surface area contributed by atoms with Gasteiger partial charge in [-0.1, -0.05) is 41.4 Å². The minimum absolute atomic E-state index is 0.186. The number of furan rings is 1. The summed E-state index contributed by atoms with van der Waals surface area (Å²) in [6.45, 7) is 0.413. The molecule has 2 amide bonds. The van der Waals surface area contributed by atoms with E-state index in [4.69, 9.17) is 31.8 Å². The lowest BCUT2D eigenvalue weighted by Crippen LogP contribution is -2.34. The molecule has 0 radical (unpaired) electrons. The first-order valence-electron chi connectivity index (χ1n) is 8.72. The molecule has 3 rings (SSSR count). The first kappa shape index (κ1) is 22.0. The van der Waals surface area contributed by atoms with E-state index in [-0.39, 0.29) is 18.8 Å². The van der Waals surface area contributed by atoms with Gasteiger partial charge >= 0.3 is 16.1 Å². The number of halogens is 2. The van der Waals surface area contributed by atoms with E-state index in [2.05, 4.69) is 5.32 Å². The summed E-state index contributed by atoms with van der Waals surface area (Å²) >= 11 is 12.3. The minimum atomic E-state index is -3.62. The van der Waals surface area contributed by atoms with E-state index >= 15 is 0 Å². The molecule has 0 saturated carbocycles. The fourth-order valence-electron chi connectivity index (χ4n) is 2.64. The van der Waals surface area contributed by atoms with Crippen molar-refractivity contribution in [2.45, 2.75) is 13.1 Å². The summed E-state index contributed by atoms with van der Waals surface area (Å²) in [6, 6.07) is 14.4. The van der Waals surface area contributed by atoms with Gasteiger partial charge < -0.3 is 18.8 Å². The molecular weight excluding hydrogens is 451 g/mol. The second-order valence-electron chi connectivity index (χ2n) is 6.39. The second-order valence-corrected chi connectivity index (χ2v) is 8.78. The van der Waals surface area contributed by atoms with Crippen molar-refractivity contribution in [2.24, 2.45) is 0 Å². The van der Waals surface area contributed by atoms with Gasteiger partial charge in [-0.05, 0) is 42.0 Å². The number of urea groups is 1. The maximum Gasteiger partial charge on any atom is 0.322 e. The van der Waals surface area contributed by atoms with E-state index in [1.165, 1.54) is 23.3 Å². The zero-order valence-corrected chi connectivity index (χ0v) is 18.2. The molecule has 0 bridgehead atoms. The largest absolute Gasteiger partial charge is 0.467 e. The minimum Gasteiger partial charge on any atom is -0.467 e. The molecule has 10 heteroatoms. The van der Waals surface area contributed by atoms with Gasteiger partial charge in [0, 0.05) is 6.54 Å². The molecule has 0 aliphatic heterocycles. The average molecular weight is 469 g/mol. The van der Waals surface area contributed by atoms with Gasteiger partial charge in [-0.25, -0.2) is 4.79 Å². The molecular formula is C20H18Cl2N2O5S. The van der Waals surface area contributed by atoms with Crippen LogP contribution in [0, 0.1) is 0 Å². The van der Waals surface area contributed by atoms with Crippen LogP contribution in [0.4, 0.5) is 10.5 Å². The average Bonchev–Trinajstić information content (AvgIpc) is 3.17. The summed E-state index contributed by atoms with van der Waals surface area (Å²) in [6.07, 6.45) is 2.49. The predicted octanol–water partition coefficient (Wildman–Crippen LogP) is 5.16. The molecule has 0 unspecified atom stereocenters. The van der Waals surface area contributed by atoms with Gasteiger partial charge in [0.05, 0.1) is 34.8 Å². The smallest absolute Gasteiger partial charge is 0.322 e. The standard InChI is InChI=1S/C20H18Cl2N2O5S/c1-30(26,27)29-15-9-7-14(8-10-15)12-24(13-16-4-3-11-28-16)20(25)23-19-17(21)5-2-6-18(19)22/h2-11H,12-13H2,1H3,(H,23,25). The number of carbonyl (C=O) groups is 1. The highest BCUT2D eigenvalue weighted by Gasteiger charge is 2.19. The number of hydrogen-bond donors (Lipinski definition) is 1. The zero-order valence-electron chi connectivity index (χ0n) is 15.8. The summed E-state index contributed by atoms with van der Waals surface area (Å²) in [5.74, 6) is 0.776. The number of benzene rings is 2. The van der Waals surface area contributed by atoms with Crippen LogP contribution in [0.5, 0.6) is 5.75 Å². The Morgan fingerprint density at radius 3 is 2.27 bits per heavy atom. The van der Waals surface area contributed by atoms with Crippen LogP contribution >= 0.6 is 23.2 Å². The molecule has 0 fully saturated rings. The first-order chi connectivity index (χ1) is 14.2. The normalized spacial score (nSPS) is 11.2. The lowest BCUT2D eigenvalue weighted by molar-refractivity contribution is 0.201. The zero-order chi connectivity index (χ0) is 21.7. The van der Waals surface area contributed by atoms with Gasteiger partial charge in [0.2, 0.25) is 0 Å². The van der Waals surface area contributed by atoms with E-state index in [0.29, 0.717) is 21.5 Å². The van der Waals surface area contributed by atoms with E-state index in [9.17, 15) is 13.2 Å². The van der Waals surface area contributed by atoms with E-state index in [1.807, 2.05) is 0 Å². The molecule has 0 saturated heterocycles. The molecule has 0 aliphatic carbocycles. The topological polar surface area (TPSA) is 88.9 Å². The summed E-state index contributed by atoms with van der Waals surface area (Å²) in [5, 5.41) is 3.36. The summed E-state index contributed by atoms with van der Waals surface area (Å²) in [7, 11) is -3.62. The highest BCUT2D eigenvalue weighted by molar-refractivity contribution is 7.86. The quantitative estimate of drug-likeness (QED) is 0.483. The van der Waals surface area contributed by atoms with Crippen LogP contribution in [0.3, 0.4) is 0 Å². The van der Waals surface area contributed by atoms with Crippen LogP contribution in [-0.2, 0) is 23.2 Å². The summed E-state index contributed by atoms with van der Waals surface area (Å²) in [5.41, 5.74) is 1.06. The number of nitrogens with one attached hydrogen (secondary N) is 1. The fourth-order valence-corrected chi connectivity index (χ4v) is 3.59. The molecule has 7 nitrogen and oxygen atoms in total. The van der Waals surface area contributed by atoms with Crippen molar-refractivity contribution in [3.8, 4) is 5.75 Å². The number of nitrogens with zero attached hydrogens (tertiary/aromatic N) is 1. The van der Waals surface area contributed by atoms with Crippen LogP contribution in [0.15, 0.2) is 65.3 Å². The van der Waals surface area contributed by atoms with Crippen molar-refractivity contribution in [3.63, 3.8) is 0 Å². The molecule has 2 aromatic carbocycles. The highest BCUT2D eigenvalue weighted by atomic mass is 35.5. The van der Waals surface area contributed by atoms with Crippen molar-refractivity contribution in [1.29, 1.82) is 0 Å². The van der Waals surface area contributed by atoms with E-state index < -0.39 is 16.1 Å². The summed E-state index contributed by atoms with van der Waals surface area (Å²) in [4.78, 5) is 14.5. The van der Waals surface area contributed by atoms with E-state index in [0.717, 1.165) is 11.8 Å². The third kappa shape index (κ3) is 6.16. The number of amides is 2. The van der Waals surface area contributed by atoms with Crippen LogP contribution in [0.1, 0.15) is 11.3 Å². The van der Waals surface area contributed by atoms with Gasteiger partial charge in [-0.15, -0.1) is 0 Å². The third-order valence-corrected chi connectivity index (χ3v) is 5.08. The lowest BCUT2D eigenvalue weighted by atomic mass is 10.2. The molecule has 1 heterocycles. The number of anilines is 1. The molecule has 3 aromatic rings. The van der Waals surface area contributed by atoms with Gasteiger partial charge in [0.15, 0.2) is 0 Å². The Bertz CT molecular complexity index is 1100. The van der Waals surface area contributed by atoms with Gasteiger partial charge in [0.1, 0.15) is 11.5 Å². The van der Waals surface area contributed by atoms with Crippen LogP contribution in [-0.4, -0.2) is 25.6 Å². The van der Waals surface area contributed by atoms with Crippen molar-refractivity contribution in [3.05, 3.63) is 82.2 Å². The van der Waals surface area contributed by atoms with Crippen molar-refractivity contribution >= 4 is 45.0 Å². The van der Waals surface area contributed by atoms with Crippen molar-refractivity contribution in [2.75, 3.05) is 11.6 Å². The van der Waals surface area contributed by atoms with Gasteiger partial charge in [-0.3, -0.25) is 0 Å². The maximum absolute atomic E-state index is 13.0. The summed E-state index contributed by atoms with van der Waals surface area (Å²) < 4.78 is 32.7. The Hall–Kier alpha value is -2.68. The van der Waals surface area contributed by atoms with Crippen LogP contribution < -0.4 is 9.50 Å². The van der Waals surface area contributed by atoms with Crippen molar-refractivity contribution in [1.82, 2.24) is 4.90 Å². The molecule has 0 aliphatic rings. The number of rotatable bonds is 7. The molecule has 0 spiro atoms. The number of carbonyl (C=O) groups excluding carboxylic acids is 1. The predicted molar refractivity (Wildman–Crippen MR) is 115 cm³/mol. The Kier molecular flexibility index (Phi) is 6.91. The third-order valence-electron chi connectivity index (χ3n) is 3.95. The molecule has 0 atom stereocenters. The maximum atomic E-state index is 13.0. The van der Waals surface area contributed by atoms with Gasteiger partial charge in [-0.2, -0.15) is 8.42 Å². The first-order valence-corrected chi connectivity index (χ1v) is 11.3. The SMILES string of the molecule is CS(=O)(=O)Oc1ccc(CN(Cc2ccco2)C(=O)Nc2c(Cl)cccc2Cl)cc1. The van der Waals surface area contributed by atoms with Gasteiger partial charge in [0.25, 0.3) is 0 Å². The van der Waals surface area contributed by atoms with Crippen LogP contribution in [0.25, 0.3) is 0 Å². The fraction of sp³-hybridized carbons (Fsp3) is 0.150. The monoisotopic (exact) mass is 468 g/mol. The molecule has 1 aromatic heterocycles. The van der Waals surface area contributed by atoms with E-state index in [1.54, 1.807) is 42.5 Å². The van der Waals surface area contributed by atoms with Crippen molar-refractivity contribution < 1.29 is 21.8 Å². The molecule has 1 N–H and O–H groups in total. The Labute approximate surface area is 184 Å². The highest BCUT2D eigenvalue weighted by Crippen LogP contribution is 2.30. The Morgan fingerprint density at radius 2 is 1.70 bits per heavy atom. The number of para-hydroxylation sites is 1. The lowest BCUT2D eigenvalue weighted by Gasteiger charge is -2.23. The molecule has 30 heavy (non-hydrogen) atoms. The Balaban J connectivity index is 1.79. The number of hydrogen-bond acceptors (Lipinski definition) is 5. The van der Waals surface area contributed by atoms with Crippen LogP contribution in [0.2, 0.25) is 10.0 Å². The Morgan fingerprint density at radius 1 is 1.03 bits per heavy atom. The molecule has 158 valence electrons. The second kappa shape index (κ2) is 9.42.